The summed E-state index contributed by atoms with van der Waals surface area (Å²) in [5.41, 5.74) is 1.91. The summed E-state index contributed by atoms with van der Waals surface area (Å²) in [4.78, 5) is 26.2. The molecule has 1 amide bonds. The highest BCUT2D eigenvalue weighted by atomic mass is 32.2. The Labute approximate surface area is 165 Å². The molecule has 28 heavy (non-hydrogen) atoms. The molecular formula is C20H24N2O5S. The van der Waals surface area contributed by atoms with Crippen LogP contribution in [0, 0.1) is 0 Å². The minimum atomic E-state index is -3.22. The lowest BCUT2D eigenvalue weighted by Gasteiger charge is -2.21. The topological polar surface area (TPSA) is 92.8 Å². The number of para-hydroxylation sites is 1. The van der Waals surface area contributed by atoms with Crippen molar-refractivity contribution in [1.29, 1.82) is 0 Å². The Hall–Kier alpha value is -2.71. The molecule has 0 heterocycles. The average molecular weight is 404 g/mol. The minimum absolute atomic E-state index is 0.278. The molecule has 1 N–H and O–H groups in total. The average Bonchev–Trinajstić information content (AvgIpc) is 2.67. The fraction of sp³-hybridized carbons (Fsp3) is 0.300. The highest BCUT2D eigenvalue weighted by Crippen LogP contribution is 2.14. The molecule has 0 aliphatic carbocycles. The number of likely N-dealkylation sites (N-methyl/N-ethyl adjacent to an activating group) is 1. The van der Waals surface area contributed by atoms with Gasteiger partial charge in [-0.05, 0) is 43.2 Å². The van der Waals surface area contributed by atoms with E-state index in [1.807, 2.05) is 18.2 Å². The summed E-state index contributed by atoms with van der Waals surface area (Å²) < 4.78 is 29.8. The number of esters is 1. The minimum Gasteiger partial charge on any atom is -0.449 e. The van der Waals surface area contributed by atoms with Crippen LogP contribution < -0.4 is 9.62 Å². The molecule has 0 spiro atoms. The Bertz CT molecular complexity index is 911. The lowest BCUT2D eigenvalue weighted by molar-refractivity contribution is -0.126. The number of anilines is 1. The Morgan fingerprint density at radius 1 is 1.07 bits per heavy atom. The normalized spacial score (nSPS) is 12.2. The molecule has 0 saturated heterocycles. The van der Waals surface area contributed by atoms with Crippen LogP contribution in [0.25, 0.3) is 0 Å². The van der Waals surface area contributed by atoms with Crippen molar-refractivity contribution < 1.29 is 22.7 Å². The van der Waals surface area contributed by atoms with Crippen LogP contribution in [0.1, 0.15) is 22.8 Å². The number of hydrogen-bond donors (Lipinski definition) is 1. The number of benzene rings is 2. The number of carbonyl (C=O) groups is 2. The van der Waals surface area contributed by atoms with E-state index in [0.717, 1.165) is 11.8 Å². The number of nitrogens with one attached hydrogen (secondary N) is 1. The number of nitrogens with zero attached hydrogens (tertiary/aromatic N) is 1. The zero-order valence-corrected chi connectivity index (χ0v) is 16.9. The van der Waals surface area contributed by atoms with E-state index in [9.17, 15) is 18.0 Å². The van der Waals surface area contributed by atoms with Crippen LogP contribution in [0.5, 0.6) is 0 Å². The monoisotopic (exact) mass is 404 g/mol. The van der Waals surface area contributed by atoms with E-state index in [1.54, 1.807) is 43.4 Å². The van der Waals surface area contributed by atoms with E-state index < -0.39 is 22.1 Å². The predicted octanol–water partition coefficient (Wildman–Crippen LogP) is 1.99. The highest BCUT2D eigenvalue weighted by molar-refractivity contribution is 7.88. The molecule has 0 aliphatic heterocycles. The summed E-state index contributed by atoms with van der Waals surface area (Å²) in [6.45, 7) is 1.81. The van der Waals surface area contributed by atoms with E-state index in [0.29, 0.717) is 17.7 Å². The van der Waals surface area contributed by atoms with Crippen molar-refractivity contribution >= 4 is 27.6 Å². The van der Waals surface area contributed by atoms with E-state index in [-0.39, 0.29) is 12.5 Å². The van der Waals surface area contributed by atoms with Crippen molar-refractivity contribution in [1.82, 2.24) is 4.72 Å². The maximum absolute atomic E-state index is 12.5. The molecule has 2 rings (SSSR count). The Morgan fingerprint density at radius 2 is 1.68 bits per heavy atom. The third-order valence-electron chi connectivity index (χ3n) is 4.07. The van der Waals surface area contributed by atoms with Crippen LogP contribution in [0.3, 0.4) is 0 Å². The Balaban J connectivity index is 1.92. The van der Waals surface area contributed by atoms with Gasteiger partial charge in [0.1, 0.15) is 0 Å². The van der Waals surface area contributed by atoms with E-state index in [4.69, 9.17) is 4.74 Å². The molecule has 1 atom stereocenters. The van der Waals surface area contributed by atoms with Gasteiger partial charge in [-0.1, -0.05) is 30.3 Å². The fourth-order valence-corrected chi connectivity index (χ4v) is 2.99. The predicted molar refractivity (Wildman–Crippen MR) is 108 cm³/mol. The first-order valence-electron chi connectivity index (χ1n) is 8.74. The molecule has 0 bridgehead atoms. The molecule has 0 saturated carbocycles. The zero-order chi connectivity index (χ0) is 20.7. The van der Waals surface area contributed by atoms with Gasteiger partial charge in [-0.2, -0.15) is 0 Å². The number of rotatable bonds is 8. The van der Waals surface area contributed by atoms with Gasteiger partial charge in [0, 0.05) is 19.3 Å². The Kier molecular flexibility index (Phi) is 7.31. The first-order valence-corrected chi connectivity index (χ1v) is 10.6. The van der Waals surface area contributed by atoms with Gasteiger partial charge in [-0.25, -0.2) is 17.9 Å². The maximum Gasteiger partial charge on any atom is 0.338 e. The number of carbonyl (C=O) groups excluding carboxylic acids is 2. The van der Waals surface area contributed by atoms with E-state index in [1.165, 1.54) is 11.8 Å². The number of ether oxygens (including phenoxy) is 1. The second-order valence-corrected chi connectivity index (χ2v) is 8.23. The van der Waals surface area contributed by atoms with Crippen LogP contribution >= 0.6 is 0 Å². The van der Waals surface area contributed by atoms with Gasteiger partial charge in [0.25, 0.3) is 5.91 Å². The molecule has 0 aromatic heterocycles. The smallest absolute Gasteiger partial charge is 0.338 e. The lowest BCUT2D eigenvalue weighted by Crippen LogP contribution is -2.37. The lowest BCUT2D eigenvalue weighted by atomic mass is 10.1. The van der Waals surface area contributed by atoms with E-state index >= 15 is 0 Å². The summed E-state index contributed by atoms with van der Waals surface area (Å²) in [5, 5.41) is 0. The fourth-order valence-electron chi connectivity index (χ4n) is 2.52. The summed E-state index contributed by atoms with van der Waals surface area (Å²) in [7, 11) is -1.60. The molecule has 0 unspecified atom stereocenters. The summed E-state index contributed by atoms with van der Waals surface area (Å²) in [6, 6.07) is 15.7. The van der Waals surface area contributed by atoms with Crippen molar-refractivity contribution in [2.75, 3.05) is 24.7 Å². The second kappa shape index (κ2) is 9.48. The molecule has 0 aliphatic rings. The highest BCUT2D eigenvalue weighted by Gasteiger charge is 2.23. The van der Waals surface area contributed by atoms with Crippen molar-refractivity contribution in [2.24, 2.45) is 0 Å². The van der Waals surface area contributed by atoms with Gasteiger partial charge in [-0.3, -0.25) is 4.79 Å². The molecule has 0 radical (unpaired) electrons. The number of hydrogen-bond acceptors (Lipinski definition) is 5. The quantitative estimate of drug-likeness (QED) is 0.679. The number of sulfonamides is 1. The third-order valence-corrected chi connectivity index (χ3v) is 4.80. The van der Waals surface area contributed by atoms with Crippen LogP contribution in [0.2, 0.25) is 0 Å². The van der Waals surface area contributed by atoms with Crippen LogP contribution in [0.4, 0.5) is 5.69 Å². The first kappa shape index (κ1) is 21.6. The molecule has 0 fully saturated rings. The van der Waals surface area contributed by atoms with Gasteiger partial charge in [0.05, 0.1) is 11.8 Å². The standard InChI is InChI=1S/C20H24N2O5S/c1-15(19(23)22(2)18-7-5-4-6-8-18)27-20(24)17-11-9-16(10-12-17)13-14-21-28(3,25)26/h4-12,15,21H,13-14H2,1-3H3/t15-/m1/s1. The van der Waals surface area contributed by atoms with Crippen molar-refractivity contribution in [2.45, 2.75) is 19.4 Å². The van der Waals surface area contributed by atoms with Crippen LogP contribution in [-0.2, 0) is 26.0 Å². The van der Waals surface area contributed by atoms with E-state index in [2.05, 4.69) is 4.72 Å². The third kappa shape index (κ3) is 6.47. The Morgan fingerprint density at radius 3 is 2.25 bits per heavy atom. The van der Waals surface area contributed by atoms with Crippen molar-refractivity contribution in [3.63, 3.8) is 0 Å². The van der Waals surface area contributed by atoms with Crippen LogP contribution in [0.15, 0.2) is 54.6 Å². The molecule has 7 nitrogen and oxygen atoms in total. The second-order valence-electron chi connectivity index (χ2n) is 6.39. The molecule has 150 valence electrons. The summed E-state index contributed by atoms with van der Waals surface area (Å²) in [5.74, 6) is -0.925. The maximum atomic E-state index is 12.5. The molecule has 2 aromatic carbocycles. The number of amides is 1. The molecule has 8 heteroatoms. The summed E-state index contributed by atoms with van der Waals surface area (Å²) >= 11 is 0. The molecule has 2 aromatic rings. The van der Waals surface area contributed by atoms with Gasteiger partial charge in [0.2, 0.25) is 10.0 Å². The first-order chi connectivity index (χ1) is 13.2. The largest absolute Gasteiger partial charge is 0.449 e. The van der Waals surface area contributed by atoms with Crippen molar-refractivity contribution in [3.8, 4) is 0 Å². The summed E-state index contributed by atoms with van der Waals surface area (Å²) in [6.07, 6.45) is 0.666. The SMILES string of the molecule is C[C@@H](OC(=O)c1ccc(CCNS(C)(=O)=O)cc1)C(=O)N(C)c1ccccc1. The zero-order valence-electron chi connectivity index (χ0n) is 16.1. The van der Waals surface area contributed by atoms with Crippen LogP contribution in [-0.4, -0.2) is 46.2 Å². The van der Waals surface area contributed by atoms with Crippen molar-refractivity contribution in [3.05, 3.63) is 65.7 Å². The van der Waals surface area contributed by atoms with Gasteiger partial charge in [0.15, 0.2) is 6.10 Å². The molecular weight excluding hydrogens is 380 g/mol. The van der Waals surface area contributed by atoms with Gasteiger partial charge < -0.3 is 9.64 Å². The van der Waals surface area contributed by atoms with Gasteiger partial charge >= 0.3 is 5.97 Å². The van der Waals surface area contributed by atoms with Gasteiger partial charge in [-0.15, -0.1) is 0 Å².